The first-order valence-corrected chi connectivity index (χ1v) is 6.50. The number of nitrogens with zero attached hydrogens (tertiary/aromatic N) is 1. The summed E-state index contributed by atoms with van der Waals surface area (Å²) in [7, 11) is 1.64. The van der Waals surface area contributed by atoms with Crippen molar-refractivity contribution in [2.24, 2.45) is 5.92 Å². The Hall–Kier alpha value is -1.09. The maximum atomic E-state index is 5.04. The van der Waals surface area contributed by atoms with E-state index in [4.69, 9.17) is 4.74 Å². The molecule has 0 spiro atoms. The van der Waals surface area contributed by atoms with Crippen molar-refractivity contribution in [1.82, 2.24) is 10.3 Å². The van der Waals surface area contributed by atoms with Crippen molar-refractivity contribution in [2.45, 2.75) is 45.2 Å². The molecule has 3 heteroatoms. The smallest absolute Gasteiger partial charge is 0.212 e. The average Bonchev–Trinajstić information content (AvgIpc) is 2.39. The van der Waals surface area contributed by atoms with E-state index in [2.05, 4.69) is 23.3 Å². The van der Waals surface area contributed by atoms with Crippen LogP contribution in [0.5, 0.6) is 5.88 Å². The second kappa shape index (κ2) is 6.01. The van der Waals surface area contributed by atoms with Gasteiger partial charge in [0.25, 0.3) is 0 Å². The number of ether oxygens (including phenoxy) is 1. The summed E-state index contributed by atoms with van der Waals surface area (Å²) in [6, 6.07) is 4.68. The summed E-state index contributed by atoms with van der Waals surface area (Å²) in [6.45, 7) is 3.26. The van der Waals surface area contributed by atoms with Crippen LogP contribution in [0.3, 0.4) is 0 Å². The lowest BCUT2D eigenvalue weighted by Gasteiger charge is -2.27. The number of rotatable bonds is 4. The van der Waals surface area contributed by atoms with E-state index in [1.165, 1.54) is 31.2 Å². The van der Waals surface area contributed by atoms with Crippen molar-refractivity contribution in [3.8, 4) is 5.88 Å². The SMILES string of the molecule is COc1ccc(CNC2CCC(C)CC2)cn1. The standard InChI is InChI=1S/C14H22N2O/c1-11-3-6-13(7-4-11)15-9-12-5-8-14(17-2)16-10-12/h5,8,10-11,13,15H,3-4,6-7,9H2,1-2H3. The molecule has 3 nitrogen and oxygen atoms in total. The molecule has 17 heavy (non-hydrogen) atoms. The highest BCUT2D eigenvalue weighted by Gasteiger charge is 2.17. The molecule has 1 aliphatic rings. The van der Waals surface area contributed by atoms with E-state index in [9.17, 15) is 0 Å². The Kier molecular flexibility index (Phi) is 4.37. The van der Waals surface area contributed by atoms with Gasteiger partial charge in [0.2, 0.25) is 5.88 Å². The summed E-state index contributed by atoms with van der Waals surface area (Å²) in [6.07, 6.45) is 7.23. The lowest BCUT2D eigenvalue weighted by molar-refractivity contribution is 0.306. The fourth-order valence-electron chi connectivity index (χ4n) is 2.36. The van der Waals surface area contributed by atoms with Crippen LogP contribution in [-0.4, -0.2) is 18.1 Å². The minimum atomic E-state index is 0.681. The third-order valence-electron chi connectivity index (χ3n) is 3.62. The monoisotopic (exact) mass is 234 g/mol. The van der Waals surface area contributed by atoms with Crippen molar-refractivity contribution < 1.29 is 4.74 Å². The van der Waals surface area contributed by atoms with E-state index >= 15 is 0 Å². The van der Waals surface area contributed by atoms with E-state index in [-0.39, 0.29) is 0 Å². The Labute approximate surface area is 104 Å². The highest BCUT2D eigenvalue weighted by Crippen LogP contribution is 2.23. The Balaban J connectivity index is 1.77. The lowest BCUT2D eigenvalue weighted by atomic mass is 9.87. The van der Waals surface area contributed by atoms with Crippen LogP contribution in [0.2, 0.25) is 0 Å². The van der Waals surface area contributed by atoms with Crippen molar-refractivity contribution >= 4 is 0 Å². The Morgan fingerprint density at radius 1 is 1.29 bits per heavy atom. The summed E-state index contributed by atoms with van der Waals surface area (Å²) in [5, 5.41) is 3.62. The van der Waals surface area contributed by atoms with Gasteiger partial charge in [-0.25, -0.2) is 4.98 Å². The Bertz CT molecular complexity index is 329. The first kappa shape index (κ1) is 12.4. The zero-order chi connectivity index (χ0) is 12.1. The van der Waals surface area contributed by atoms with Crippen molar-refractivity contribution in [3.05, 3.63) is 23.9 Å². The first-order chi connectivity index (χ1) is 8.28. The van der Waals surface area contributed by atoms with Crippen LogP contribution in [0.4, 0.5) is 0 Å². The molecule has 1 N–H and O–H groups in total. The molecule has 0 bridgehead atoms. The van der Waals surface area contributed by atoms with E-state index in [0.717, 1.165) is 12.5 Å². The number of hydrogen-bond acceptors (Lipinski definition) is 3. The van der Waals surface area contributed by atoms with E-state index in [1.54, 1.807) is 7.11 Å². The fourth-order valence-corrected chi connectivity index (χ4v) is 2.36. The van der Waals surface area contributed by atoms with Crippen LogP contribution >= 0.6 is 0 Å². The number of hydrogen-bond donors (Lipinski definition) is 1. The second-order valence-electron chi connectivity index (χ2n) is 5.05. The highest BCUT2D eigenvalue weighted by atomic mass is 16.5. The third kappa shape index (κ3) is 3.70. The zero-order valence-corrected chi connectivity index (χ0v) is 10.8. The number of aromatic nitrogens is 1. The molecule has 0 aromatic carbocycles. The average molecular weight is 234 g/mol. The fraction of sp³-hybridized carbons (Fsp3) is 0.643. The highest BCUT2D eigenvalue weighted by molar-refractivity contribution is 5.17. The Morgan fingerprint density at radius 3 is 2.65 bits per heavy atom. The van der Waals surface area contributed by atoms with Gasteiger partial charge in [0.1, 0.15) is 0 Å². The minimum Gasteiger partial charge on any atom is -0.481 e. The molecule has 1 aliphatic carbocycles. The quantitative estimate of drug-likeness (QED) is 0.870. The van der Waals surface area contributed by atoms with Crippen molar-refractivity contribution in [3.63, 3.8) is 0 Å². The van der Waals surface area contributed by atoms with Gasteiger partial charge < -0.3 is 10.1 Å². The molecule has 94 valence electrons. The third-order valence-corrected chi connectivity index (χ3v) is 3.62. The molecule has 2 rings (SSSR count). The van der Waals surface area contributed by atoms with Crippen LogP contribution in [0.25, 0.3) is 0 Å². The zero-order valence-electron chi connectivity index (χ0n) is 10.8. The van der Waals surface area contributed by atoms with Crippen LogP contribution in [0, 0.1) is 5.92 Å². The lowest BCUT2D eigenvalue weighted by Crippen LogP contribution is -2.32. The predicted octanol–water partition coefficient (Wildman–Crippen LogP) is 2.76. The van der Waals surface area contributed by atoms with Gasteiger partial charge >= 0.3 is 0 Å². The molecule has 0 saturated heterocycles. The van der Waals surface area contributed by atoms with Crippen LogP contribution < -0.4 is 10.1 Å². The van der Waals surface area contributed by atoms with Gasteiger partial charge in [-0.15, -0.1) is 0 Å². The van der Waals surface area contributed by atoms with E-state index in [0.29, 0.717) is 11.9 Å². The predicted molar refractivity (Wildman–Crippen MR) is 69.0 cm³/mol. The molecular formula is C14H22N2O. The molecular weight excluding hydrogens is 212 g/mol. The molecule has 0 radical (unpaired) electrons. The normalized spacial score (nSPS) is 24.6. The maximum absolute atomic E-state index is 5.04. The molecule has 1 aromatic heterocycles. The summed E-state index contributed by atoms with van der Waals surface area (Å²) in [5.41, 5.74) is 1.23. The van der Waals surface area contributed by atoms with Gasteiger partial charge in [-0.2, -0.15) is 0 Å². The second-order valence-corrected chi connectivity index (χ2v) is 5.05. The molecule has 0 amide bonds. The summed E-state index contributed by atoms with van der Waals surface area (Å²) >= 11 is 0. The molecule has 0 aliphatic heterocycles. The largest absolute Gasteiger partial charge is 0.481 e. The molecule has 1 fully saturated rings. The van der Waals surface area contributed by atoms with Crippen LogP contribution in [0.1, 0.15) is 38.2 Å². The van der Waals surface area contributed by atoms with Crippen molar-refractivity contribution in [2.75, 3.05) is 7.11 Å². The minimum absolute atomic E-state index is 0.681. The Morgan fingerprint density at radius 2 is 2.06 bits per heavy atom. The van der Waals surface area contributed by atoms with E-state index < -0.39 is 0 Å². The molecule has 1 heterocycles. The van der Waals surface area contributed by atoms with Gasteiger partial charge in [0.05, 0.1) is 7.11 Å². The summed E-state index contributed by atoms with van der Waals surface area (Å²) < 4.78 is 5.04. The van der Waals surface area contributed by atoms with Gasteiger partial charge in [0, 0.05) is 24.8 Å². The van der Waals surface area contributed by atoms with Gasteiger partial charge in [0.15, 0.2) is 0 Å². The topological polar surface area (TPSA) is 34.1 Å². The number of methoxy groups -OCH3 is 1. The van der Waals surface area contributed by atoms with Crippen LogP contribution in [0.15, 0.2) is 18.3 Å². The van der Waals surface area contributed by atoms with Crippen molar-refractivity contribution in [1.29, 1.82) is 0 Å². The van der Waals surface area contributed by atoms with Gasteiger partial charge in [-0.05, 0) is 37.2 Å². The molecule has 1 saturated carbocycles. The van der Waals surface area contributed by atoms with Gasteiger partial charge in [-0.1, -0.05) is 13.0 Å². The van der Waals surface area contributed by atoms with Crippen LogP contribution in [-0.2, 0) is 6.54 Å². The molecule has 0 atom stereocenters. The maximum Gasteiger partial charge on any atom is 0.212 e. The summed E-state index contributed by atoms with van der Waals surface area (Å²) in [5.74, 6) is 1.59. The summed E-state index contributed by atoms with van der Waals surface area (Å²) in [4.78, 5) is 4.21. The number of pyridine rings is 1. The molecule has 0 unspecified atom stereocenters. The molecule has 1 aromatic rings. The first-order valence-electron chi connectivity index (χ1n) is 6.50. The number of nitrogens with one attached hydrogen (secondary N) is 1. The van der Waals surface area contributed by atoms with E-state index in [1.807, 2.05) is 12.3 Å². The van der Waals surface area contributed by atoms with Gasteiger partial charge in [-0.3, -0.25) is 0 Å².